The summed E-state index contributed by atoms with van der Waals surface area (Å²) in [5.41, 5.74) is 8.06. The summed E-state index contributed by atoms with van der Waals surface area (Å²) in [6.07, 6.45) is 4.64. The van der Waals surface area contributed by atoms with E-state index in [4.69, 9.17) is 5.73 Å². The van der Waals surface area contributed by atoms with E-state index < -0.39 is 0 Å². The van der Waals surface area contributed by atoms with Gasteiger partial charge in [-0.05, 0) is 28.9 Å². The summed E-state index contributed by atoms with van der Waals surface area (Å²) >= 11 is 1.72. The number of nitrogens with zero attached hydrogens (tertiary/aromatic N) is 2. The Hall–Kier alpha value is -1.13. The van der Waals surface area contributed by atoms with Crippen LogP contribution in [0.5, 0.6) is 0 Å². The smallest absolute Gasteiger partial charge is 0.0951 e. The van der Waals surface area contributed by atoms with Crippen LogP contribution in [0.1, 0.15) is 11.3 Å². The SMILES string of the molecule is NCCc1cncn1Cc1ccsc1. The van der Waals surface area contributed by atoms with Crippen LogP contribution >= 0.6 is 11.3 Å². The summed E-state index contributed by atoms with van der Waals surface area (Å²) in [7, 11) is 0. The monoisotopic (exact) mass is 207 g/mol. The normalized spacial score (nSPS) is 10.6. The molecule has 2 heterocycles. The second-order valence-electron chi connectivity index (χ2n) is 3.18. The predicted molar refractivity (Wildman–Crippen MR) is 58.4 cm³/mol. The second kappa shape index (κ2) is 4.39. The van der Waals surface area contributed by atoms with Gasteiger partial charge in [-0.3, -0.25) is 0 Å². The third kappa shape index (κ3) is 2.02. The van der Waals surface area contributed by atoms with E-state index in [1.807, 2.05) is 12.5 Å². The fourth-order valence-electron chi connectivity index (χ4n) is 1.43. The number of rotatable bonds is 4. The zero-order valence-electron chi connectivity index (χ0n) is 7.89. The summed E-state index contributed by atoms with van der Waals surface area (Å²) in [5, 5.41) is 4.25. The van der Waals surface area contributed by atoms with E-state index in [1.165, 1.54) is 11.3 Å². The highest BCUT2D eigenvalue weighted by atomic mass is 32.1. The van der Waals surface area contributed by atoms with Crippen LogP contribution in [0.25, 0.3) is 0 Å². The van der Waals surface area contributed by atoms with Gasteiger partial charge in [-0.25, -0.2) is 4.98 Å². The predicted octanol–water partition coefficient (Wildman–Crippen LogP) is 1.49. The maximum atomic E-state index is 5.52. The average molecular weight is 207 g/mol. The highest BCUT2D eigenvalue weighted by molar-refractivity contribution is 7.07. The van der Waals surface area contributed by atoms with Gasteiger partial charge in [0.1, 0.15) is 0 Å². The molecule has 0 aliphatic rings. The van der Waals surface area contributed by atoms with Crippen LogP contribution in [0.15, 0.2) is 29.4 Å². The van der Waals surface area contributed by atoms with Gasteiger partial charge in [0, 0.05) is 24.9 Å². The molecule has 0 fully saturated rings. The topological polar surface area (TPSA) is 43.8 Å². The van der Waals surface area contributed by atoms with Crippen molar-refractivity contribution in [2.75, 3.05) is 6.54 Å². The molecule has 74 valence electrons. The molecule has 2 aromatic heterocycles. The Morgan fingerprint density at radius 3 is 3.14 bits per heavy atom. The van der Waals surface area contributed by atoms with E-state index in [0.29, 0.717) is 6.54 Å². The minimum atomic E-state index is 0.676. The molecule has 0 saturated carbocycles. The minimum absolute atomic E-state index is 0.676. The van der Waals surface area contributed by atoms with Crippen LogP contribution in [0, 0.1) is 0 Å². The fourth-order valence-corrected chi connectivity index (χ4v) is 2.09. The van der Waals surface area contributed by atoms with Gasteiger partial charge < -0.3 is 10.3 Å². The Bertz CT molecular complexity index is 378. The van der Waals surface area contributed by atoms with Crippen molar-refractivity contribution in [2.45, 2.75) is 13.0 Å². The summed E-state index contributed by atoms with van der Waals surface area (Å²) in [6, 6.07) is 2.14. The van der Waals surface area contributed by atoms with Crippen LogP contribution in [0.3, 0.4) is 0 Å². The van der Waals surface area contributed by atoms with Crippen molar-refractivity contribution in [1.29, 1.82) is 0 Å². The summed E-state index contributed by atoms with van der Waals surface area (Å²) in [5.74, 6) is 0. The molecular weight excluding hydrogens is 194 g/mol. The molecule has 2 rings (SSSR count). The first-order valence-corrected chi connectivity index (χ1v) is 5.54. The Morgan fingerprint density at radius 2 is 2.43 bits per heavy atom. The van der Waals surface area contributed by atoms with E-state index in [9.17, 15) is 0 Å². The largest absolute Gasteiger partial charge is 0.330 e. The summed E-state index contributed by atoms with van der Waals surface area (Å²) < 4.78 is 2.15. The molecule has 2 aromatic rings. The number of imidazole rings is 1. The maximum absolute atomic E-state index is 5.52. The highest BCUT2D eigenvalue weighted by Gasteiger charge is 2.01. The van der Waals surface area contributed by atoms with Gasteiger partial charge >= 0.3 is 0 Å². The van der Waals surface area contributed by atoms with E-state index in [1.54, 1.807) is 11.3 Å². The molecule has 0 aliphatic heterocycles. The van der Waals surface area contributed by atoms with E-state index in [0.717, 1.165) is 13.0 Å². The van der Waals surface area contributed by atoms with Gasteiger partial charge in [0.2, 0.25) is 0 Å². The number of aromatic nitrogens is 2. The van der Waals surface area contributed by atoms with Crippen LogP contribution in [0.4, 0.5) is 0 Å². The Balaban J connectivity index is 2.12. The van der Waals surface area contributed by atoms with E-state index in [2.05, 4.69) is 26.4 Å². The lowest BCUT2D eigenvalue weighted by Crippen LogP contribution is -2.08. The number of thiophene rings is 1. The molecule has 0 aromatic carbocycles. The summed E-state index contributed by atoms with van der Waals surface area (Å²) in [6.45, 7) is 1.58. The standard InChI is InChI=1S/C10H13N3S/c11-3-1-10-5-12-8-13(10)6-9-2-4-14-7-9/h2,4-5,7-8H,1,3,6,11H2. The molecule has 4 heteroatoms. The molecule has 14 heavy (non-hydrogen) atoms. The highest BCUT2D eigenvalue weighted by Crippen LogP contribution is 2.10. The number of hydrogen-bond acceptors (Lipinski definition) is 3. The van der Waals surface area contributed by atoms with Gasteiger partial charge in [0.15, 0.2) is 0 Å². The molecule has 0 aliphatic carbocycles. The molecule has 0 radical (unpaired) electrons. The molecule has 3 nitrogen and oxygen atoms in total. The molecule has 2 N–H and O–H groups in total. The number of nitrogens with two attached hydrogens (primary N) is 1. The zero-order valence-corrected chi connectivity index (χ0v) is 8.70. The van der Waals surface area contributed by atoms with Crippen molar-refractivity contribution in [3.8, 4) is 0 Å². The lowest BCUT2D eigenvalue weighted by Gasteiger charge is -2.05. The molecule has 0 saturated heterocycles. The van der Waals surface area contributed by atoms with Gasteiger partial charge in [0.05, 0.1) is 6.33 Å². The molecule has 0 bridgehead atoms. The van der Waals surface area contributed by atoms with Gasteiger partial charge in [-0.1, -0.05) is 0 Å². The van der Waals surface area contributed by atoms with Crippen molar-refractivity contribution in [2.24, 2.45) is 5.73 Å². The third-order valence-corrected chi connectivity index (χ3v) is 2.86. The molecule has 0 spiro atoms. The lowest BCUT2D eigenvalue weighted by molar-refractivity contribution is 0.735. The Labute approximate surface area is 87.2 Å². The maximum Gasteiger partial charge on any atom is 0.0951 e. The first-order chi connectivity index (χ1) is 6.90. The van der Waals surface area contributed by atoms with Crippen LogP contribution in [-0.4, -0.2) is 16.1 Å². The van der Waals surface area contributed by atoms with E-state index >= 15 is 0 Å². The summed E-state index contributed by atoms with van der Waals surface area (Å²) in [4.78, 5) is 4.13. The van der Waals surface area contributed by atoms with Crippen molar-refractivity contribution >= 4 is 11.3 Å². The van der Waals surface area contributed by atoms with Crippen molar-refractivity contribution in [3.05, 3.63) is 40.6 Å². The van der Waals surface area contributed by atoms with Gasteiger partial charge in [-0.15, -0.1) is 0 Å². The molecule has 0 atom stereocenters. The fraction of sp³-hybridized carbons (Fsp3) is 0.300. The van der Waals surface area contributed by atoms with Crippen molar-refractivity contribution < 1.29 is 0 Å². The first kappa shape index (κ1) is 9.43. The third-order valence-electron chi connectivity index (χ3n) is 2.13. The Kier molecular flexibility index (Phi) is 2.96. The van der Waals surface area contributed by atoms with Crippen LogP contribution < -0.4 is 5.73 Å². The number of hydrogen-bond donors (Lipinski definition) is 1. The molecule has 0 amide bonds. The molecule has 0 unspecified atom stereocenters. The molecular formula is C10H13N3S. The minimum Gasteiger partial charge on any atom is -0.330 e. The lowest BCUT2D eigenvalue weighted by atomic mass is 10.3. The first-order valence-electron chi connectivity index (χ1n) is 4.60. The Morgan fingerprint density at radius 1 is 1.50 bits per heavy atom. The quantitative estimate of drug-likeness (QED) is 0.825. The van der Waals surface area contributed by atoms with E-state index in [-0.39, 0.29) is 0 Å². The second-order valence-corrected chi connectivity index (χ2v) is 3.96. The van der Waals surface area contributed by atoms with Gasteiger partial charge in [0.25, 0.3) is 0 Å². The zero-order chi connectivity index (χ0) is 9.80. The van der Waals surface area contributed by atoms with Crippen molar-refractivity contribution in [1.82, 2.24) is 9.55 Å². The van der Waals surface area contributed by atoms with Crippen LogP contribution in [0.2, 0.25) is 0 Å². The average Bonchev–Trinajstić information content (AvgIpc) is 2.80. The van der Waals surface area contributed by atoms with Gasteiger partial charge in [-0.2, -0.15) is 11.3 Å². The van der Waals surface area contributed by atoms with Crippen molar-refractivity contribution in [3.63, 3.8) is 0 Å². The van der Waals surface area contributed by atoms with Crippen LogP contribution in [-0.2, 0) is 13.0 Å².